The third kappa shape index (κ3) is 79.3. The highest BCUT2D eigenvalue weighted by Gasteiger charge is 2.22. The van der Waals surface area contributed by atoms with E-state index in [1.807, 2.05) is 21.1 Å². The van der Waals surface area contributed by atoms with Gasteiger partial charge >= 0.3 is 11.9 Å². The minimum atomic E-state index is -4.66. The van der Waals surface area contributed by atoms with Crippen molar-refractivity contribution in [2.45, 2.75) is 277 Å². The van der Waals surface area contributed by atoms with Crippen molar-refractivity contribution >= 4 is 19.8 Å². The molecule has 2 unspecified atom stereocenters. The van der Waals surface area contributed by atoms with Crippen LogP contribution in [0, 0.1) is 0 Å². The first-order valence-electron chi connectivity index (χ1n) is 38.4. The smallest absolute Gasteiger partial charge is 0.306 e. The van der Waals surface area contributed by atoms with E-state index in [1.54, 1.807) is 0 Å². The van der Waals surface area contributed by atoms with Crippen molar-refractivity contribution in [3.63, 3.8) is 0 Å². The van der Waals surface area contributed by atoms with Gasteiger partial charge in [-0.1, -0.05) is 322 Å². The maximum Gasteiger partial charge on any atom is 0.306 e. The molecule has 0 aliphatic rings. The second-order valence-corrected chi connectivity index (χ2v) is 27.3. The van der Waals surface area contributed by atoms with Crippen LogP contribution in [0.1, 0.15) is 271 Å². The molecule has 0 aromatic rings. The summed E-state index contributed by atoms with van der Waals surface area (Å²) in [5.74, 6) is -0.861. The number of phosphoric ester groups is 1. The van der Waals surface area contributed by atoms with Crippen molar-refractivity contribution in [2.24, 2.45) is 0 Å². The number of phosphoric acid groups is 1. The Morgan fingerprint density at radius 2 is 0.551 bits per heavy atom. The molecule has 0 rings (SSSR count). The lowest BCUT2D eigenvalue weighted by molar-refractivity contribution is -0.870. The SMILES string of the molecule is CC/C=C\C/C=C\C/C=C\C/C=C\C/C=C\C/C=C\C/C=C\C/C=C\C/C=C\C/C=C\CCCCCCCCCCCCC(=O)OC(COC(=O)CCCCCCCCCC/C=C\C/C=C\C/C=C\C/C=C\C/C=C\C/C=C\C/C=C\C/C=C\CC)COP(=O)([O-])OCC[N+](C)(C)C. The van der Waals surface area contributed by atoms with E-state index in [2.05, 4.69) is 233 Å². The molecule has 0 saturated heterocycles. The van der Waals surface area contributed by atoms with Gasteiger partial charge in [0.2, 0.25) is 0 Å². The number of nitrogens with zero attached hydrogens (tertiary/aromatic N) is 1. The second-order valence-electron chi connectivity index (χ2n) is 25.9. The summed E-state index contributed by atoms with van der Waals surface area (Å²) in [7, 11) is 1.13. The Hall–Kier alpha value is -5.67. The number of hydrogen-bond donors (Lipinski definition) is 0. The highest BCUT2D eigenvalue weighted by atomic mass is 31.2. The van der Waals surface area contributed by atoms with Gasteiger partial charge in [-0.15, -0.1) is 0 Å². The quantitative estimate of drug-likeness (QED) is 0.0195. The molecule has 0 aliphatic heterocycles. The van der Waals surface area contributed by atoms with E-state index < -0.39 is 32.5 Å². The van der Waals surface area contributed by atoms with Gasteiger partial charge in [-0.2, -0.15) is 0 Å². The fourth-order valence-electron chi connectivity index (χ4n) is 9.70. The zero-order valence-corrected chi connectivity index (χ0v) is 63.5. The Morgan fingerprint density at radius 1 is 0.316 bits per heavy atom. The van der Waals surface area contributed by atoms with Crippen molar-refractivity contribution in [3.05, 3.63) is 219 Å². The monoisotopic (exact) mass is 1370 g/mol. The van der Waals surface area contributed by atoms with Gasteiger partial charge in [0.05, 0.1) is 27.7 Å². The van der Waals surface area contributed by atoms with Crippen molar-refractivity contribution in [2.75, 3.05) is 47.5 Å². The Balaban J connectivity index is 4.13. The molecule has 98 heavy (non-hydrogen) atoms. The normalized spacial score (nSPS) is 14.3. The molecule has 0 bridgehead atoms. The summed E-state index contributed by atoms with van der Waals surface area (Å²) in [6.07, 6.45) is 120. The van der Waals surface area contributed by atoms with Crippen LogP contribution in [-0.4, -0.2) is 70.0 Å². The summed E-state index contributed by atoms with van der Waals surface area (Å²) in [6, 6.07) is 0. The lowest BCUT2D eigenvalue weighted by Gasteiger charge is -2.28. The second kappa shape index (κ2) is 75.5. The number of quaternary nitrogens is 1. The van der Waals surface area contributed by atoms with Crippen LogP contribution < -0.4 is 4.89 Å². The Bertz CT molecular complexity index is 2460. The first-order valence-corrected chi connectivity index (χ1v) is 39.9. The van der Waals surface area contributed by atoms with Gasteiger partial charge in [0.25, 0.3) is 7.82 Å². The molecule has 0 aromatic heterocycles. The van der Waals surface area contributed by atoms with Gasteiger partial charge in [0.15, 0.2) is 6.10 Å². The van der Waals surface area contributed by atoms with E-state index in [9.17, 15) is 19.0 Å². The largest absolute Gasteiger partial charge is 0.756 e. The highest BCUT2D eigenvalue weighted by molar-refractivity contribution is 7.45. The first kappa shape index (κ1) is 92.3. The Labute approximate surface area is 601 Å². The van der Waals surface area contributed by atoms with Crippen LogP contribution in [0.5, 0.6) is 0 Å². The molecular weight excluding hydrogens is 1230 g/mol. The van der Waals surface area contributed by atoms with Crippen LogP contribution in [0.2, 0.25) is 0 Å². The van der Waals surface area contributed by atoms with Crippen molar-refractivity contribution in [1.29, 1.82) is 0 Å². The summed E-state index contributed by atoms with van der Waals surface area (Å²) in [6.45, 7) is 3.98. The average molecular weight is 1370 g/mol. The molecule has 0 heterocycles. The first-order chi connectivity index (χ1) is 48.0. The molecule has 0 spiro atoms. The zero-order valence-electron chi connectivity index (χ0n) is 62.6. The van der Waals surface area contributed by atoms with Crippen LogP contribution in [0.25, 0.3) is 0 Å². The molecular formula is C88H140NO8P. The third-order valence-electron chi connectivity index (χ3n) is 15.5. The van der Waals surface area contributed by atoms with E-state index in [0.717, 1.165) is 167 Å². The van der Waals surface area contributed by atoms with Crippen molar-refractivity contribution in [1.82, 2.24) is 0 Å². The van der Waals surface area contributed by atoms with Gasteiger partial charge in [0, 0.05) is 12.8 Å². The summed E-state index contributed by atoms with van der Waals surface area (Å²) < 4.78 is 34.4. The van der Waals surface area contributed by atoms with Gasteiger partial charge in [-0.05, 0) is 154 Å². The fourth-order valence-corrected chi connectivity index (χ4v) is 10.4. The zero-order chi connectivity index (χ0) is 71.1. The van der Waals surface area contributed by atoms with Crippen LogP contribution in [-0.2, 0) is 32.7 Å². The van der Waals surface area contributed by atoms with E-state index in [-0.39, 0.29) is 26.1 Å². The predicted molar refractivity (Wildman–Crippen MR) is 424 cm³/mol. The van der Waals surface area contributed by atoms with Crippen LogP contribution in [0.3, 0.4) is 0 Å². The standard InChI is InChI=1S/C88H140NO8P/c1-6-8-10-12-14-16-18-20-22-24-26-28-30-32-34-36-38-40-41-42-43-44-45-46-47-49-51-53-55-57-59-61-63-65-67-69-71-73-75-77-79-81-88(91)97-86(85-96-98(92,93)95-83-82-89(3,4)5)84-94-87(90)80-78-76-74-72-70-68-66-64-62-60-58-56-54-52-50-48-39-37-35-33-31-29-27-25-23-21-19-17-15-13-11-9-7-2/h8-11,14-17,20-23,26-29,32-35,38-40,42-43,45-46,48-49,51-52,54-55,57-58,60,86H,6-7,12-13,18-19,24-25,30-31,36-37,41,44,47,50,53,56,59,61-85H2,1-5H3/b10-8-,11-9-,16-14-,17-15-,22-20-,23-21-,28-26-,29-27-,34-32-,35-33-,40-38-,43-42-,46-45-,48-39-,51-49-,54-52-,57-55-,60-58-. The van der Waals surface area contributed by atoms with Crippen LogP contribution in [0.15, 0.2) is 219 Å². The summed E-state index contributed by atoms with van der Waals surface area (Å²) in [5, 5.41) is 0. The fraction of sp³-hybridized carbons (Fsp3) is 0.568. The number of carbonyl (C=O) groups excluding carboxylic acids is 2. The minimum absolute atomic E-state index is 0.0443. The number of unbranched alkanes of at least 4 members (excludes halogenated alkanes) is 18. The van der Waals surface area contributed by atoms with Crippen LogP contribution >= 0.6 is 7.82 Å². The van der Waals surface area contributed by atoms with Crippen molar-refractivity contribution < 1.29 is 42.1 Å². The number of rotatable bonds is 68. The molecule has 0 saturated carbocycles. The number of allylic oxidation sites excluding steroid dienone is 36. The molecule has 0 fully saturated rings. The average Bonchev–Trinajstić information content (AvgIpc) is 1.08. The van der Waals surface area contributed by atoms with Crippen LogP contribution in [0.4, 0.5) is 0 Å². The molecule has 0 radical (unpaired) electrons. The lowest BCUT2D eigenvalue weighted by Crippen LogP contribution is -2.37. The lowest BCUT2D eigenvalue weighted by atomic mass is 10.0. The topological polar surface area (TPSA) is 111 Å². The molecule has 10 heteroatoms. The van der Waals surface area contributed by atoms with Gasteiger partial charge in [-0.25, -0.2) is 0 Å². The van der Waals surface area contributed by atoms with E-state index >= 15 is 0 Å². The van der Waals surface area contributed by atoms with Crippen molar-refractivity contribution in [3.8, 4) is 0 Å². The molecule has 0 aromatic carbocycles. The summed E-state index contributed by atoms with van der Waals surface area (Å²) in [5.41, 5.74) is 0. The van der Waals surface area contributed by atoms with Gasteiger partial charge < -0.3 is 27.9 Å². The summed E-state index contributed by atoms with van der Waals surface area (Å²) in [4.78, 5) is 38.2. The highest BCUT2D eigenvalue weighted by Crippen LogP contribution is 2.38. The molecule has 0 aliphatic carbocycles. The van der Waals surface area contributed by atoms with E-state index in [1.165, 1.54) is 64.2 Å². The Kier molecular flexibility index (Phi) is 71.2. The van der Waals surface area contributed by atoms with E-state index in [0.29, 0.717) is 23.9 Å². The number of esters is 2. The minimum Gasteiger partial charge on any atom is -0.756 e. The van der Waals surface area contributed by atoms with E-state index in [4.69, 9.17) is 18.5 Å². The maximum absolute atomic E-state index is 12.9. The molecule has 0 amide bonds. The number of likely N-dealkylation sites (N-methyl/N-ethyl adjacent to an activating group) is 1. The van der Waals surface area contributed by atoms with Gasteiger partial charge in [-0.3, -0.25) is 14.2 Å². The number of carbonyl (C=O) groups is 2. The Morgan fingerprint density at radius 3 is 0.816 bits per heavy atom. The summed E-state index contributed by atoms with van der Waals surface area (Å²) >= 11 is 0. The molecule has 9 nitrogen and oxygen atoms in total. The van der Waals surface area contributed by atoms with Gasteiger partial charge in [0.1, 0.15) is 19.8 Å². The number of ether oxygens (including phenoxy) is 2. The third-order valence-corrected chi connectivity index (χ3v) is 16.5. The molecule has 2 atom stereocenters. The number of hydrogen-bond acceptors (Lipinski definition) is 8. The molecule has 0 N–H and O–H groups in total. The predicted octanol–water partition coefficient (Wildman–Crippen LogP) is 25.3. The molecule has 550 valence electrons. The maximum atomic E-state index is 12.9.